The van der Waals surface area contributed by atoms with Crippen molar-refractivity contribution in [2.75, 3.05) is 0 Å². The van der Waals surface area contributed by atoms with E-state index >= 15 is 0 Å². The number of carbonyl (C=O) groups is 1. The van der Waals surface area contributed by atoms with Crippen molar-refractivity contribution < 1.29 is 15.0 Å². The van der Waals surface area contributed by atoms with Crippen LogP contribution in [-0.2, 0) is 4.79 Å². The molecule has 0 aromatic rings. The molecule has 0 fully saturated rings. The number of rotatable bonds is 2. The Morgan fingerprint density at radius 1 is 1.53 bits per heavy atom. The number of allylic oxidation sites excluding steroid dienone is 2. The van der Waals surface area contributed by atoms with Gasteiger partial charge in [-0.25, -0.2) is 0 Å². The van der Waals surface area contributed by atoms with Gasteiger partial charge in [-0.3, -0.25) is 0 Å². The lowest BCUT2D eigenvalue weighted by atomic mass is 9.76. The van der Waals surface area contributed by atoms with Crippen molar-refractivity contribution in [1.82, 2.24) is 0 Å². The highest BCUT2D eigenvalue weighted by molar-refractivity contribution is 5.75. The average Bonchev–Trinajstić information content (AvgIpc) is 2.20. The second-order valence-corrected chi connectivity index (χ2v) is 4.95. The molecule has 6 nitrogen and oxygen atoms in total. The normalized spacial score (nSPS) is 26.1. The lowest BCUT2D eigenvalue weighted by molar-refractivity contribution is -0.460. The molecule has 0 bridgehead atoms. The van der Waals surface area contributed by atoms with Gasteiger partial charge in [0.05, 0.1) is 0 Å². The van der Waals surface area contributed by atoms with E-state index in [4.69, 9.17) is 21.4 Å². The lowest BCUT2D eigenvalue weighted by Crippen LogP contribution is -2.65. The summed E-state index contributed by atoms with van der Waals surface area (Å²) in [6.07, 6.45) is 5.45. The minimum absolute atomic E-state index is 0.0640. The van der Waals surface area contributed by atoms with E-state index in [1.807, 2.05) is 6.21 Å². The van der Waals surface area contributed by atoms with E-state index in [2.05, 4.69) is 37.1 Å². The van der Waals surface area contributed by atoms with Crippen LogP contribution in [0.1, 0.15) is 34.1 Å². The van der Waals surface area contributed by atoms with Crippen molar-refractivity contribution in [2.24, 2.45) is 34.3 Å². The Morgan fingerprint density at radius 3 is 2.47 bits per heavy atom. The second kappa shape index (κ2) is 8.29. The zero-order chi connectivity index (χ0) is 15.0. The monoisotopic (exact) mass is 268 g/mol. The van der Waals surface area contributed by atoms with Gasteiger partial charge in [-0.15, -0.1) is 5.10 Å². The van der Waals surface area contributed by atoms with E-state index in [1.54, 1.807) is 0 Å². The fraction of sp³-hybridized carbons (Fsp3) is 0.615. The van der Waals surface area contributed by atoms with Crippen LogP contribution in [-0.4, -0.2) is 18.1 Å². The summed E-state index contributed by atoms with van der Waals surface area (Å²) in [6.45, 7) is 7.63. The van der Waals surface area contributed by atoms with Crippen LogP contribution in [0, 0.1) is 17.8 Å². The summed E-state index contributed by atoms with van der Waals surface area (Å²) in [7, 11) is 0. The maximum Gasteiger partial charge on any atom is 0.256 e. The van der Waals surface area contributed by atoms with Gasteiger partial charge in [-0.05, 0) is 32.1 Å². The first-order chi connectivity index (χ1) is 8.73. The van der Waals surface area contributed by atoms with Crippen molar-refractivity contribution in [3.05, 3.63) is 11.6 Å². The number of nitrogens with zero attached hydrogens (tertiary/aromatic N) is 1. The molecular formula is C13H24N4O2. The van der Waals surface area contributed by atoms with Crippen LogP contribution >= 0.6 is 0 Å². The first-order valence-electron chi connectivity index (χ1n) is 6.26. The topological polar surface area (TPSA) is 118 Å². The molecule has 108 valence electrons. The van der Waals surface area contributed by atoms with Gasteiger partial charge in [0, 0.05) is 17.0 Å². The zero-order valence-corrected chi connectivity index (χ0v) is 12.0. The Kier molecular flexibility index (Phi) is 7.48. The van der Waals surface area contributed by atoms with Gasteiger partial charge in [0.1, 0.15) is 0 Å². The summed E-state index contributed by atoms with van der Waals surface area (Å²) in [6, 6.07) is 0. The molecule has 0 amide bonds. The molecule has 0 saturated carbocycles. The number of nitrogens with two attached hydrogens (primary N) is 2. The number of carbonyl (C=O) groups excluding carboxylic acids is 1. The third kappa shape index (κ3) is 7.96. The van der Waals surface area contributed by atoms with Crippen LogP contribution in [0.15, 0.2) is 16.8 Å². The second-order valence-electron chi connectivity index (χ2n) is 4.95. The highest BCUT2D eigenvalue weighted by atomic mass is 16.4. The predicted octanol–water partition coefficient (Wildman–Crippen LogP) is -1.68. The van der Waals surface area contributed by atoms with Gasteiger partial charge in [-0.1, -0.05) is 25.5 Å². The number of hydrogen-bond acceptors (Lipinski definition) is 3. The van der Waals surface area contributed by atoms with Crippen LogP contribution in [0.3, 0.4) is 0 Å². The molecule has 1 aliphatic rings. The minimum atomic E-state index is -1.08. The van der Waals surface area contributed by atoms with Crippen LogP contribution < -0.4 is 21.7 Å². The summed E-state index contributed by atoms with van der Waals surface area (Å²) in [5.41, 5.74) is 11.9. The molecule has 19 heavy (non-hydrogen) atoms. The van der Waals surface area contributed by atoms with Gasteiger partial charge >= 0.3 is 0 Å². The highest BCUT2D eigenvalue weighted by Gasteiger charge is 2.27. The molecule has 5 N–H and O–H groups in total. The van der Waals surface area contributed by atoms with E-state index in [1.165, 1.54) is 5.57 Å². The summed E-state index contributed by atoms with van der Waals surface area (Å²) in [5.74, 6) is 0.632. The first kappa shape index (κ1) is 17.2. The number of carboxylic acid groups (broad SMARTS) is 1. The summed E-state index contributed by atoms with van der Waals surface area (Å²) in [5, 5.41) is 15.5. The zero-order valence-electron chi connectivity index (χ0n) is 12.0. The van der Waals surface area contributed by atoms with Crippen molar-refractivity contribution in [3.63, 3.8) is 0 Å². The smallest absolute Gasteiger partial charge is 0.256 e. The number of guanidine groups is 1. The Morgan fingerprint density at radius 2 is 2.05 bits per heavy atom. The van der Waals surface area contributed by atoms with Gasteiger partial charge in [-0.2, -0.15) is 0 Å². The molecule has 0 saturated heterocycles. The molecule has 0 aromatic carbocycles. The molecule has 0 aliphatic heterocycles. The molecule has 0 heterocycles. The van der Waals surface area contributed by atoms with Crippen LogP contribution in [0.5, 0.6) is 0 Å². The van der Waals surface area contributed by atoms with E-state index in [-0.39, 0.29) is 5.96 Å². The number of nitrogens with one attached hydrogen (secondary N) is 1. The fourth-order valence-corrected chi connectivity index (χ4v) is 2.30. The Labute approximate surface area is 114 Å². The molecule has 1 rings (SSSR count). The summed E-state index contributed by atoms with van der Waals surface area (Å²) >= 11 is 0. The molecular weight excluding hydrogens is 244 g/mol. The Bertz CT molecular complexity index is 380. The third-order valence-electron chi connectivity index (χ3n) is 2.92. The molecule has 0 spiro atoms. The Balaban J connectivity index is 0.000000711. The predicted molar refractivity (Wildman–Crippen MR) is 73.7 cm³/mol. The van der Waals surface area contributed by atoms with Crippen molar-refractivity contribution in [2.45, 2.75) is 34.1 Å². The van der Waals surface area contributed by atoms with E-state index in [9.17, 15) is 0 Å². The maximum atomic E-state index is 8.89. The minimum Gasteiger partial charge on any atom is -0.550 e. The van der Waals surface area contributed by atoms with E-state index in [0.717, 1.165) is 13.3 Å². The molecule has 0 aromatic heterocycles. The molecule has 0 radical (unpaired) electrons. The fourth-order valence-electron chi connectivity index (χ4n) is 2.30. The maximum absolute atomic E-state index is 8.89. The Hall–Kier alpha value is -1.85. The van der Waals surface area contributed by atoms with Crippen molar-refractivity contribution >= 4 is 18.1 Å². The van der Waals surface area contributed by atoms with Gasteiger partial charge in [0.15, 0.2) is 6.21 Å². The van der Waals surface area contributed by atoms with E-state index in [0.29, 0.717) is 17.8 Å². The number of hydrogen-bond donors (Lipinski definition) is 3. The highest BCUT2D eigenvalue weighted by Crippen LogP contribution is 2.31. The quantitative estimate of drug-likeness (QED) is 0.240. The summed E-state index contributed by atoms with van der Waals surface area (Å²) in [4.78, 5) is 8.89. The van der Waals surface area contributed by atoms with Crippen LogP contribution in [0.25, 0.3) is 0 Å². The molecule has 3 atom stereocenters. The third-order valence-corrected chi connectivity index (χ3v) is 2.92. The number of hydrazone groups is 1. The average molecular weight is 268 g/mol. The molecule has 1 aliphatic carbocycles. The number of aliphatic carboxylic acids is 1. The SMILES string of the molecule is CC(=O)[O-].CC1=CC(C)C(/C=[NH+]/N=C(N)N)C(C)C1. The van der Waals surface area contributed by atoms with Crippen LogP contribution in [0.4, 0.5) is 0 Å². The van der Waals surface area contributed by atoms with Crippen molar-refractivity contribution in [3.8, 4) is 0 Å². The van der Waals surface area contributed by atoms with E-state index < -0.39 is 5.97 Å². The van der Waals surface area contributed by atoms with Crippen LogP contribution in [0.2, 0.25) is 0 Å². The van der Waals surface area contributed by atoms with Crippen molar-refractivity contribution in [1.29, 1.82) is 0 Å². The number of carboxylic acids is 1. The standard InChI is InChI=1S/C11H20N4.C2H4O2/c1-7-4-8(2)10(9(3)5-7)6-14-15-11(12)13;1-2(3)4/h4,6,8-10H,5H2,1-3H3,(H4,12,13,15);1H3,(H,3,4)/b14-6+;. The molecule has 3 unspecified atom stereocenters. The summed E-state index contributed by atoms with van der Waals surface area (Å²) < 4.78 is 0. The van der Waals surface area contributed by atoms with Gasteiger partial charge in [0.2, 0.25) is 0 Å². The molecule has 6 heteroatoms. The largest absolute Gasteiger partial charge is 0.550 e. The first-order valence-corrected chi connectivity index (χ1v) is 6.26. The van der Waals surface area contributed by atoms with Gasteiger partial charge in [0.25, 0.3) is 5.96 Å². The lowest BCUT2D eigenvalue weighted by Gasteiger charge is -2.27. The van der Waals surface area contributed by atoms with Gasteiger partial charge < -0.3 is 21.4 Å².